The van der Waals surface area contributed by atoms with E-state index in [2.05, 4.69) is 9.62 Å². The lowest BCUT2D eigenvalue weighted by atomic mass is 10.0. The van der Waals surface area contributed by atoms with Gasteiger partial charge in [0.1, 0.15) is 5.82 Å². The van der Waals surface area contributed by atoms with Gasteiger partial charge in [0.25, 0.3) is 0 Å². The fourth-order valence-corrected chi connectivity index (χ4v) is 4.48. The Morgan fingerprint density at radius 1 is 1.29 bits per heavy atom. The number of morpholine rings is 1. The topological polar surface area (TPSA) is 58.6 Å². The molecule has 7 heteroatoms. The van der Waals surface area contributed by atoms with E-state index in [9.17, 15) is 12.8 Å². The third-order valence-electron chi connectivity index (χ3n) is 4.40. The van der Waals surface area contributed by atoms with E-state index in [0.717, 1.165) is 19.2 Å². The van der Waals surface area contributed by atoms with Gasteiger partial charge in [-0.3, -0.25) is 4.90 Å². The Hall–Kier alpha value is -1.02. The summed E-state index contributed by atoms with van der Waals surface area (Å²) in [5.41, 5.74) is 0.0433. The van der Waals surface area contributed by atoms with Crippen LogP contribution in [0.2, 0.25) is 0 Å². The van der Waals surface area contributed by atoms with Crippen LogP contribution >= 0.6 is 0 Å². The largest absolute Gasteiger partial charge is 0.373 e. The standard InChI is InChI=1S/C17H27FN2O3S/c1-12-8-15(18)6-7-16(12)24(21,22)19-11-17(4,5)20-9-13(2)23-14(3)10-20/h6-8,13-14,19H,9-11H2,1-5H3. The van der Waals surface area contributed by atoms with E-state index >= 15 is 0 Å². The zero-order chi connectivity index (χ0) is 18.1. The summed E-state index contributed by atoms with van der Waals surface area (Å²) in [7, 11) is -3.68. The van der Waals surface area contributed by atoms with Gasteiger partial charge >= 0.3 is 0 Å². The smallest absolute Gasteiger partial charge is 0.240 e. The van der Waals surface area contributed by atoms with Crippen molar-refractivity contribution in [3.8, 4) is 0 Å². The maximum atomic E-state index is 13.2. The monoisotopic (exact) mass is 358 g/mol. The highest BCUT2D eigenvalue weighted by Crippen LogP contribution is 2.22. The molecule has 5 nitrogen and oxygen atoms in total. The van der Waals surface area contributed by atoms with Crippen molar-refractivity contribution in [3.05, 3.63) is 29.6 Å². The third kappa shape index (κ3) is 4.53. The lowest BCUT2D eigenvalue weighted by Crippen LogP contribution is -2.58. The quantitative estimate of drug-likeness (QED) is 0.877. The van der Waals surface area contributed by atoms with Crippen LogP contribution in [0, 0.1) is 12.7 Å². The highest BCUT2D eigenvalue weighted by molar-refractivity contribution is 7.89. The molecule has 2 rings (SSSR count). The molecule has 0 aliphatic carbocycles. The second-order valence-corrected chi connectivity index (χ2v) is 8.94. The molecule has 136 valence electrons. The van der Waals surface area contributed by atoms with E-state index in [1.807, 2.05) is 27.7 Å². The number of nitrogens with zero attached hydrogens (tertiary/aromatic N) is 1. The Kier molecular flexibility index (Phi) is 5.69. The zero-order valence-corrected chi connectivity index (χ0v) is 15.8. The number of nitrogens with one attached hydrogen (secondary N) is 1. The third-order valence-corrected chi connectivity index (χ3v) is 5.96. The van der Waals surface area contributed by atoms with E-state index in [-0.39, 0.29) is 29.2 Å². The minimum absolute atomic E-state index is 0.114. The van der Waals surface area contributed by atoms with Gasteiger partial charge in [0, 0.05) is 25.2 Å². The molecule has 1 fully saturated rings. The van der Waals surface area contributed by atoms with Crippen molar-refractivity contribution in [2.24, 2.45) is 0 Å². The average molecular weight is 358 g/mol. The Morgan fingerprint density at radius 2 is 1.88 bits per heavy atom. The normalized spacial score (nSPS) is 23.4. The molecular weight excluding hydrogens is 331 g/mol. The zero-order valence-electron chi connectivity index (χ0n) is 15.0. The number of halogens is 1. The van der Waals surface area contributed by atoms with Crippen molar-refractivity contribution in [3.63, 3.8) is 0 Å². The number of sulfonamides is 1. The van der Waals surface area contributed by atoms with Crippen LogP contribution in [0.3, 0.4) is 0 Å². The highest BCUT2D eigenvalue weighted by Gasteiger charge is 2.34. The van der Waals surface area contributed by atoms with Crippen LogP contribution in [0.4, 0.5) is 4.39 Å². The Labute approximate surface area is 144 Å². The van der Waals surface area contributed by atoms with Crippen molar-refractivity contribution in [1.29, 1.82) is 0 Å². The summed E-state index contributed by atoms with van der Waals surface area (Å²) in [6, 6.07) is 3.70. The highest BCUT2D eigenvalue weighted by atomic mass is 32.2. The lowest BCUT2D eigenvalue weighted by molar-refractivity contribution is -0.0945. The predicted octanol–water partition coefficient (Wildman–Crippen LogP) is 2.30. The molecule has 0 bridgehead atoms. The number of hydrogen-bond acceptors (Lipinski definition) is 4. The molecule has 1 heterocycles. The van der Waals surface area contributed by atoms with Crippen molar-refractivity contribution in [2.75, 3.05) is 19.6 Å². The maximum absolute atomic E-state index is 13.2. The van der Waals surface area contributed by atoms with Crippen LogP contribution in [0.25, 0.3) is 0 Å². The van der Waals surface area contributed by atoms with Crippen LogP contribution in [0.15, 0.2) is 23.1 Å². The molecule has 0 amide bonds. The Morgan fingerprint density at radius 3 is 2.42 bits per heavy atom. The molecule has 24 heavy (non-hydrogen) atoms. The fraction of sp³-hybridized carbons (Fsp3) is 0.647. The van der Waals surface area contributed by atoms with Gasteiger partial charge in [0.15, 0.2) is 0 Å². The average Bonchev–Trinajstić information content (AvgIpc) is 2.44. The van der Waals surface area contributed by atoms with Gasteiger partial charge in [0.2, 0.25) is 10.0 Å². The van der Waals surface area contributed by atoms with Gasteiger partial charge in [-0.15, -0.1) is 0 Å². The molecular formula is C17H27FN2O3S. The summed E-state index contributed by atoms with van der Waals surface area (Å²) in [6.45, 7) is 11.4. The molecule has 1 aromatic carbocycles. The number of aryl methyl sites for hydroxylation is 1. The van der Waals surface area contributed by atoms with Crippen LogP contribution < -0.4 is 4.72 Å². The summed E-state index contributed by atoms with van der Waals surface area (Å²) < 4.78 is 46.7. The van der Waals surface area contributed by atoms with E-state index < -0.39 is 15.8 Å². The van der Waals surface area contributed by atoms with Gasteiger partial charge in [-0.2, -0.15) is 0 Å². The van der Waals surface area contributed by atoms with E-state index in [0.29, 0.717) is 5.56 Å². The molecule has 1 N–H and O–H groups in total. The number of ether oxygens (including phenoxy) is 1. The van der Waals surface area contributed by atoms with Crippen molar-refractivity contribution >= 4 is 10.0 Å². The van der Waals surface area contributed by atoms with E-state index in [4.69, 9.17) is 4.74 Å². The first kappa shape index (κ1) is 19.3. The van der Waals surface area contributed by atoms with Gasteiger partial charge in [-0.25, -0.2) is 17.5 Å². The number of benzene rings is 1. The fourth-order valence-electron chi connectivity index (χ4n) is 3.05. The predicted molar refractivity (Wildman–Crippen MR) is 92.0 cm³/mol. The summed E-state index contributed by atoms with van der Waals surface area (Å²) in [5.74, 6) is -0.442. The van der Waals surface area contributed by atoms with E-state index in [1.165, 1.54) is 12.1 Å². The first-order chi connectivity index (χ1) is 11.0. The maximum Gasteiger partial charge on any atom is 0.240 e. The molecule has 1 aromatic rings. The van der Waals surface area contributed by atoms with Crippen molar-refractivity contribution < 1.29 is 17.5 Å². The molecule has 0 aromatic heterocycles. The second-order valence-electron chi connectivity index (χ2n) is 7.21. The van der Waals surface area contributed by atoms with Gasteiger partial charge < -0.3 is 4.74 Å². The number of hydrogen-bond donors (Lipinski definition) is 1. The summed E-state index contributed by atoms with van der Waals surface area (Å²) in [4.78, 5) is 2.36. The minimum Gasteiger partial charge on any atom is -0.373 e. The summed E-state index contributed by atoms with van der Waals surface area (Å²) in [6.07, 6.45) is 0.230. The summed E-state index contributed by atoms with van der Waals surface area (Å²) >= 11 is 0. The molecule has 0 radical (unpaired) electrons. The second kappa shape index (κ2) is 7.07. The van der Waals surface area contributed by atoms with E-state index in [1.54, 1.807) is 6.92 Å². The van der Waals surface area contributed by atoms with Crippen LogP contribution in [0.5, 0.6) is 0 Å². The molecule has 0 saturated carbocycles. The van der Waals surface area contributed by atoms with Crippen LogP contribution in [0.1, 0.15) is 33.3 Å². The van der Waals surface area contributed by atoms with Crippen molar-refractivity contribution in [2.45, 2.75) is 57.3 Å². The van der Waals surface area contributed by atoms with Gasteiger partial charge in [-0.1, -0.05) is 0 Å². The Balaban J connectivity index is 2.10. The first-order valence-electron chi connectivity index (χ1n) is 8.17. The number of rotatable bonds is 5. The van der Waals surface area contributed by atoms with Gasteiger partial charge in [0.05, 0.1) is 17.1 Å². The molecule has 1 saturated heterocycles. The Bertz CT molecular complexity index is 681. The first-order valence-corrected chi connectivity index (χ1v) is 9.66. The molecule has 1 aliphatic rings. The SMILES string of the molecule is Cc1cc(F)ccc1S(=O)(=O)NCC(C)(C)N1CC(C)OC(C)C1. The summed E-state index contributed by atoms with van der Waals surface area (Å²) in [5, 5.41) is 0. The molecule has 2 unspecified atom stereocenters. The van der Waals surface area contributed by atoms with Crippen LogP contribution in [-0.4, -0.2) is 50.7 Å². The van der Waals surface area contributed by atoms with Gasteiger partial charge in [-0.05, 0) is 58.4 Å². The van der Waals surface area contributed by atoms with Crippen LogP contribution in [-0.2, 0) is 14.8 Å². The molecule has 1 aliphatic heterocycles. The molecule has 0 spiro atoms. The minimum atomic E-state index is -3.68. The van der Waals surface area contributed by atoms with Crippen molar-refractivity contribution in [1.82, 2.24) is 9.62 Å². The lowest BCUT2D eigenvalue weighted by Gasteiger charge is -2.45. The molecule has 2 atom stereocenters.